The molecule has 56 heavy (non-hydrogen) atoms. The summed E-state index contributed by atoms with van der Waals surface area (Å²) >= 11 is 0. The summed E-state index contributed by atoms with van der Waals surface area (Å²) in [6, 6.07) is 27.4. The second-order valence-corrected chi connectivity index (χ2v) is 17.8. The van der Waals surface area contributed by atoms with Crippen molar-refractivity contribution in [1.82, 2.24) is 20.2 Å². The highest BCUT2D eigenvalue weighted by atomic mass is 32.2. The number of fused-ring (bicyclic) bond motifs is 2. The zero-order valence-electron chi connectivity index (χ0n) is 33.4. The summed E-state index contributed by atoms with van der Waals surface area (Å²) < 4.78 is 36.7. The van der Waals surface area contributed by atoms with Crippen LogP contribution in [-0.2, 0) is 27.4 Å². The molecule has 0 bridgehead atoms. The van der Waals surface area contributed by atoms with Crippen LogP contribution in [0.2, 0.25) is 0 Å². The van der Waals surface area contributed by atoms with Crippen LogP contribution in [0, 0.1) is 0 Å². The van der Waals surface area contributed by atoms with E-state index < -0.39 is 10.1 Å². The van der Waals surface area contributed by atoms with Gasteiger partial charge in [-0.05, 0) is 103 Å². The van der Waals surface area contributed by atoms with E-state index in [-0.39, 0.29) is 16.6 Å². The second kappa shape index (κ2) is 16.3. The van der Waals surface area contributed by atoms with Gasteiger partial charge in [0.15, 0.2) is 11.5 Å². The third kappa shape index (κ3) is 8.00. The third-order valence-electron chi connectivity index (χ3n) is 11.8. The normalized spacial score (nSPS) is 18.9. The zero-order valence-corrected chi connectivity index (χ0v) is 34.3. The van der Waals surface area contributed by atoms with Gasteiger partial charge in [-0.2, -0.15) is 17.7 Å². The number of rotatable bonds is 15. The lowest BCUT2D eigenvalue weighted by Crippen LogP contribution is -2.28. The number of hydrogen-bond acceptors (Lipinski definition) is 6. The Morgan fingerprint density at radius 3 is 2.32 bits per heavy atom. The first kappa shape index (κ1) is 39.3. The Balaban J connectivity index is 1.29. The van der Waals surface area contributed by atoms with Crippen LogP contribution in [0.1, 0.15) is 96.5 Å². The number of nitrogens with zero attached hydrogens (tertiary/aromatic N) is 6. The molecule has 1 N–H and O–H groups in total. The number of tetrazole rings is 1. The van der Waals surface area contributed by atoms with Crippen molar-refractivity contribution in [2.75, 3.05) is 23.7 Å². The lowest BCUT2D eigenvalue weighted by Gasteiger charge is -2.27. The van der Waals surface area contributed by atoms with Gasteiger partial charge in [0.1, 0.15) is 6.54 Å². The van der Waals surface area contributed by atoms with E-state index in [0.717, 1.165) is 43.0 Å². The van der Waals surface area contributed by atoms with E-state index >= 15 is 0 Å². The third-order valence-corrected chi connectivity index (χ3v) is 12.6. The van der Waals surface area contributed by atoms with Gasteiger partial charge in [0, 0.05) is 53.9 Å². The van der Waals surface area contributed by atoms with Crippen LogP contribution in [0.5, 0.6) is 0 Å². The highest BCUT2D eigenvalue weighted by Gasteiger charge is 2.44. The number of unbranched alkanes of at least 4 members (excludes halogenated alkanes) is 3. The highest BCUT2D eigenvalue weighted by molar-refractivity contribution is 7.85. The SMILES string of the molecule is CCCCC[N+]1=C(C=CC2=C(Cc3nnnn3-c3ccccc3)C(=CC=C3N(CCCCS(=O)(=O)O)c4ccccc4C3(C)C)CC2)C(C)(C)c2ccccc21. The minimum Gasteiger partial charge on any atom is -0.344 e. The number of aromatic nitrogens is 4. The van der Waals surface area contributed by atoms with Crippen LogP contribution >= 0.6 is 0 Å². The Kier molecular flexibility index (Phi) is 11.4. The summed E-state index contributed by atoms with van der Waals surface area (Å²) in [6.07, 6.45) is 16.2. The van der Waals surface area contributed by atoms with Crippen LogP contribution in [0.25, 0.3) is 5.69 Å². The van der Waals surface area contributed by atoms with Crippen LogP contribution in [0.15, 0.2) is 126 Å². The van der Waals surface area contributed by atoms with Crippen molar-refractivity contribution in [3.8, 4) is 5.69 Å². The number of benzene rings is 3. The Morgan fingerprint density at radius 2 is 1.55 bits per heavy atom. The minimum absolute atomic E-state index is 0.132. The molecule has 0 atom stereocenters. The van der Waals surface area contributed by atoms with E-state index in [1.54, 1.807) is 0 Å². The van der Waals surface area contributed by atoms with E-state index in [2.05, 4.69) is 132 Å². The van der Waals surface area contributed by atoms with Gasteiger partial charge in [-0.25, -0.2) is 0 Å². The molecule has 10 heteroatoms. The molecule has 0 radical (unpaired) electrons. The van der Waals surface area contributed by atoms with Crippen molar-refractivity contribution in [3.63, 3.8) is 0 Å². The van der Waals surface area contributed by atoms with Crippen molar-refractivity contribution in [1.29, 1.82) is 0 Å². The predicted octanol–water partition coefficient (Wildman–Crippen LogP) is 9.39. The lowest BCUT2D eigenvalue weighted by atomic mass is 9.81. The molecular weight excluding hydrogens is 717 g/mol. The molecule has 292 valence electrons. The molecular formula is C46H55N6O3S+. The molecule has 4 aromatic rings. The van der Waals surface area contributed by atoms with Gasteiger partial charge in [-0.15, -0.1) is 5.10 Å². The summed E-state index contributed by atoms with van der Waals surface area (Å²) in [7, 11) is -4.00. The molecule has 3 heterocycles. The topological polar surface area (TPSA) is 104 Å². The molecule has 3 aliphatic rings. The van der Waals surface area contributed by atoms with Gasteiger partial charge in [0.05, 0.1) is 16.9 Å². The van der Waals surface area contributed by atoms with Crippen LogP contribution in [-0.4, -0.2) is 62.3 Å². The molecule has 0 fully saturated rings. The molecule has 1 aliphatic carbocycles. The Labute approximate surface area is 332 Å². The minimum atomic E-state index is -4.00. The van der Waals surface area contributed by atoms with Crippen molar-refractivity contribution < 1.29 is 17.5 Å². The molecule has 0 saturated carbocycles. The first-order chi connectivity index (χ1) is 26.9. The molecule has 0 unspecified atom stereocenters. The predicted molar refractivity (Wildman–Crippen MR) is 226 cm³/mol. The van der Waals surface area contributed by atoms with Crippen molar-refractivity contribution in [2.45, 2.75) is 96.8 Å². The van der Waals surface area contributed by atoms with E-state index in [0.29, 0.717) is 25.8 Å². The fourth-order valence-electron chi connectivity index (χ4n) is 8.81. The molecule has 0 amide bonds. The molecule has 7 rings (SSSR count). The van der Waals surface area contributed by atoms with Gasteiger partial charge in [-0.1, -0.05) is 93.9 Å². The summed E-state index contributed by atoms with van der Waals surface area (Å²) in [5, 5.41) is 13.1. The Morgan fingerprint density at radius 1 is 0.821 bits per heavy atom. The zero-order chi connectivity index (χ0) is 39.5. The van der Waals surface area contributed by atoms with Crippen molar-refractivity contribution >= 4 is 27.2 Å². The molecule has 3 aromatic carbocycles. The first-order valence-electron chi connectivity index (χ1n) is 20.1. The monoisotopic (exact) mass is 771 g/mol. The molecule has 2 aliphatic heterocycles. The van der Waals surface area contributed by atoms with Crippen LogP contribution < -0.4 is 4.90 Å². The maximum atomic E-state index is 11.5. The van der Waals surface area contributed by atoms with E-state index in [1.807, 2.05) is 35.0 Å². The quantitative estimate of drug-likeness (QED) is 0.0730. The number of anilines is 1. The van der Waals surface area contributed by atoms with Gasteiger partial charge in [-0.3, -0.25) is 4.55 Å². The fraction of sp³-hybridized carbons (Fsp3) is 0.391. The maximum Gasteiger partial charge on any atom is 0.264 e. The largest absolute Gasteiger partial charge is 0.344 e. The highest BCUT2D eigenvalue weighted by Crippen LogP contribution is 2.48. The number of para-hydroxylation sites is 3. The summed E-state index contributed by atoms with van der Waals surface area (Å²) in [4.78, 5) is 2.33. The Bertz CT molecular complexity index is 2350. The van der Waals surface area contributed by atoms with Gasteiger partial charge in [0.2, 0.25) is 5.69 Å². The molecule has 0 saturated heterocycles. The lowest BCUT2D eigenvalue weighted by molar-refractivity contribution is -0.438. The number of hydrogen-bond donors (Lipinski definition) is 1. The maximum absolute atomic E-state index is 11.5. The van der Waals surface area contributed by atoms with Crippen LogP contribution in [0.4, 0.5) is 11.4 Å². The first-order valence-corrected chi connectivity index (χ1v) is 21.7. The molecule has 9 nitrogen and oxygen atoms in total. The van der Waals surface area contributed by atoms with E-state index in [9.17, 15) is 13.0 Å². The second-order valence-electron chi connectivity index (χ2n) is 16.3. The van der Waals surface area contributed by atoms with E-state index in [1.165, 1.54) is 57.8 Å². The van der Waals surface area contributed by atoms with E-state index in [4.69, 9.17) is 0 Å². The number of allylic oxidation sites excluding steroid dienone is 8. The van der Waals surface area contributed by atoms with Crippen molar-refractivity contribution in [2.24, 2.45) is 0 Å². The molecule has 0 spiro atoms. The standard InChI is InChI=1S/C46H54N6O3S/c1-6-7-15-30-50-40-22-13-11-20-38(40)45(2,3)42(50)28-26-34-24-25-35(37(34)33-44-47-48-49-52(44)36-18-9-8-10-19-36)27-29-43-46(4,5)39-21-12-14-23-41(39)51(43)31-16-17-32-56(53,54)55/h8-14,18-23,26-29H,6-7,15-17,24-25,30-33H2,1-5H3/p+1. The van der Waals surface area contributed by atoms with Gasteiger partial charge in [0.25, 0.3) is 10.1 Å². The Hall–Kier alpha value is -4.93. The van der Waals surface area contributed by atoms with Crippen LogP contribution in [0.3, 0.4) is 0 Å². The van der Waals surface area contributed by atoms with Gasteiger partial charge < -0.3 is 4.90 Å². The summed E-state index contributed by atoms with van der Waals surface area (Å²) in [5.74, 6) is 0.551. The summed E-state index contributed by atoms with van der Waals surface area (Å²) in [6.45, 7) is 13.1. The average molecular weight is 772 g/mol. The van der Waals surface area contributed by atoms with Crippen molar-refractivity contribution in [3.05, 3.63) is 143 Å². The fourth-order valence-corrected chi connectivity index (χ4v) is 9.38. The summed E-state index contributed by atoms with van der Waals surface area (Å²) in [5.41, 5.74) is 11.9. The molecule has 1 aromatic heterocycles. The smallest absolute Gasteiger partial charge is 0.264 e. The van der Waals surface area contributed by atoms with Gasteiger partial charge >= 0.3 is 0 Å². The average Bonchev–Trinajstić information content (AvgIpc) is 3.90.